The van der Waals surface area contributed by atoms with Gasteiger partial charge in [0.2, 0.25) is 11.6 Å². The molecule has 8 heteroatoms. The highest BCUT2D eigenvalue weighted by Gasteiger charge is 2.30. The molecule has 1 aromatic heterocycles. The van der Waals surface area contributed by atoms with Crippen LogP contribution in [0.3, 0.4) is 0 Å². The normalized spacial score (nSPS) is 22.9. The Bertz CT molecular complexity index is 453. The average Bonchev–Trinajstić information content (AvgIpc) is 2.76. The molecule has 0 radical (unpaired) electrons. The van der Waals surface area contributed by atoms with Gasteiger partial charge in [-0.05, 0) is 12.8 Å². The van der Waals surface area contributed by atoms with Crippen molar-refractivity contribution in [3.05, 3.63) is 16.4 Å². The molecule has 0 spiro atoms. The van der Waals surface area contributed by atoms with Crippen LogP contribution in [-0.4, -0.2) is 32.6 Å². The lowest BCUT2D eigenvalue weighted by Gasteiger charge is -2.19. The monoisotopic (exact) mass is 253 g/mol. The minimum absolute atomic E-state index is 0.0111. The van der Waals surface area contributed by atoms with Crippen molar-refractivity contribution < 1.29 is 10.0 Å². The van der Waals surface area contributed by atoms with Gasteiger partial charge in [-0.25, -0.2) is 9.97 Å². The maximum absolute atomic E-state index is 10.9. The molecule has 2 atom stereocenters. The molecule has 0 amide bonds. The third-order valence-electron chi connectivity index (χ3n) is 3.25. The van der Waals surface area contributed by atoms with Crippen LogP contribution in [0.4, 0.5) is 17.3 Å². The van der Waals surface area contributed by atoms with E-state index in [9.17, 15) is 15.2 Å². The Hall–Kier alpha value is -1.96. The van der Waals surface area contributed by atoms with Crippen molar-refractivity contribution in [2.24, 2.45) is 5.92 Å². The summed E-state index contributed by atoms with van der Waals surface area (Å²) in [6.45, 7) is 0.0615. The molecule has 4 N–H and O–H groups in total. The van der Waals surface area contributed by atoms with Crippen LogP contribution < -0.4 is 11.1 Å². The number of aromatic nitrogens is 2. The number of anilines is 2. The van der Waals surface area contributed by atoms with Gasteiger partial charge in [-0.3, -0.25) is 10.1 Å². The molecule has 18 heavy (non-hydrogen) atoms. The first-order valence-electron chi connectivity index (χ1n) is 5.75. The molecule has 1 saturated carbocycles. The second-order valence-electron chi connectivity index (χ2n) is 4.34. The fourth-order valence-electron chi connectivity index (χ4n) is 2.30. The van der Waals surface area contributed by atoms with Crippen molar-refractivity contribution in [2.75, 3.05) is 17.7 Å². The topological polar surface area (TPSA) is 127 Å². The minimum Gasteiger partial charge on any atom is -0.396 e. The summed E-state index contributed by atoms with van der Waals surface area (Å²) in [5.74, 6) is 0.0645. The van der Waals surface area contributed by atoms with Gasteiger partial charge in [0.1, 0.15) is 6.33 Å². The van der Waals surface area contributed by atoms with Gasteiger partial charge in [0.05, 0.1) is 4.92 Å². The number of rotatable bonds is 4. The number of hydrogen-bond donors (Lipinski definition) is 3. The molecule has 0 aliphatic heterocycles. The SMILES string of the molecule is Nc1ncnc(NC2CCCC2CO)c1[N+](=O)[O-]. The minimum atomic E-state index is -0.597. The largest absolute Gasteiger partial charge is 0.396 e. The van der Waals surface area contributed by atoms with E-state index < -0.39 is 4.92 Å². The van der Waals surface area contributed by atoms with Crippen LogP contribution in [0.5, 0.6) is 0 Å². The zero-order valence-electron chi connectivity index (χ0n) is 9.74. The van der Waals surface area contributed by atoms with Gasteiger partial charge in [-0.15, -0.1) is 0 Å². The van der Waals surface area contributed by atoms with E-state index in [-0.39, 0.29) is 35.9 Å². The number of nitrogens with one attached hydrogen (secondary N) is 1. The Morgan fingerprint density at radius 3 is 3.00 bits per heavy atom. The van der Waals surface area contributed by atoms with E-state index in [2.05, 4.69) is 15.3 Å². The number of nitro groups is 1. The van der Waals surface area contributed by atoms with E-state index in [4.69, 9.17) is 5.73 Å². The van der Waals surface area contributed by atoms with Gasteiger partial charge in [0.15, 0.2) is 0 Å². The van der Waals surface area contributed by atoms with Gasteiger partial charge in [0.25, 0.3) is 0 Å². The zero-order chi connectivity index (χ0) is 13.1. The lowest BCUT2D eigenvalue weighted by atomic mass is 10.1. The molecule has 0 aromatic carbocycles. The van der Waals surface area contributed by atoms with Crippen molar-refractivity contribution in [1.29, 1.82) is 0 Å². The highest BCUT2D eigenvalue weighted by Crippen LogP contribution is 2.32. The molecule has 1 fully saturated rings. The average molecular weight is 253 g/mol. The summed E-state index contributed by atoms with van der Waals surface area (Å²) < 4.78 is 0. The summed E-state index contributed by atoms with van der Waals surface area (Å²) in [5, 5.41) is 23.1. The molecule has 8 nitrogen and oxygen atoms in total. The van der Waals surface area contributed by atoms with E-state index in [0.717, 1.165) is 19.3 Å². The van der Waals surface area contributed by atoms with Gasteiger partial charge in [-0.1, -0.05) is 6.42 Å². The first-order chi connectivity index (χ1) is 8.63. The van der Waals surface area contributed by atoms with Gasteiger partial charge < -0.3 is 16.2 Å². The third kappa shape index (κ3) is 2.33. The lowest BCUT2D eigenvalue weighted by Crippen LogP contribution is -2.27. The maximum atomic E-state index is 10.9. The highest BCUT2D eigenvalue weighted by molar-refractivity contribution is 5.67. The second-order valence-corrected chi connectivity index (χ2v) is 4.34. The van der Waals surface area contributed by atoms with Gasteiger partial charge >= 0.3 is 5.69 Å². The van der Waals surface area contributed by atoms with Gasteiger partial charge in [0, 0.05) is 18.6 Å². The predicted molar refractivity (Wildman–Crippen MR) is 64.9 cm³/mol. The second kappa shape index (κ2) is 5.13. The van der Waals surface area contributed by atoms with Crippen molar-refractivity contribution >= 4 is 17.3 Å². The fourth-order valence-corrected chi connectivity index (χ4v) is 2.30. The molecule has 0 saturated heterocycles. The first kappa shape index (κ1) is 12.5. The summed E-state index contributed by atoms with van der Waals surface area (Å²) in [7, 11) is 0. The molecule has 2 rings (SSSR count). The third-order valence-corrected chi connectivity index (χ3v) is 3.25. The molecule has 98 valence electrons. The maximum Gasteiger partial charge on any atom is 0.352 e. The molecule has 1 aliphatic rings. The van der Waals surface area contributed by atoms with Crippen molar-refractivity contribution in [2.45, 2.75) is 25.3 Å². The smallest absolute Gasteiger partial charge is 0.352 e. The number of aliphatic hydroxyl groups is 1. The van der Waals surface area contributed by atoms with Crippen molar-refractivity contribution in [1.82, 2.24) is 9.97 Å². The summed E-state index contributed by atoms with van der Waals surface area (Å²) >= 11 is 0. The molecule has 1 aromatic rings. The van der Waals surface area contributed by atoms with Crippen LogP contribution >= 0.6 is 0 Å². The zero-order valence-corrected chi connectivity index (χ0v) is 9.74. The molecule has 0 bridgehead atoms. The lowest BCUT2D eigenvalue weighted by molar-refractivity contribution is -0.383. The Balaban J connectivity index is 2.23. The highest BCUT2D eigenvalue weighted by atomic mass is 16.6. The van der Waals surface area contributed by atoms with Crippen LogP contribution in [0.1, 0.15) is 19.3 Å². The van der Waals surface area contributed by atoms with Gasteiger partial charge in [-0.2, -0.15) is 0 Å². The van der Waals surface area contributed by atoms with E-state index in [1.807, 2.05) is 0 Å². The molecule has 1 heterocycles. The van der Waals surface area contributed by atoms with Crippen LogP contribution in [0.2, 0.25) is 0 Å². The predicted octanol–water partition coefficient (Wildman–Crippen LogP) is 0.540. The standard InChI is InChI=1S/C10H15N5O3/c11-9-8(15(17)18)10(13-5-12-9)14-7-3-1-2-6(7)4-16/h5-7,16H,1-4H2,(H3,11,12,13,14). The molecule has 1 aliphatic carbocycles. The summed E-state index contributed by atoms with van der Waals surface area (Å²) in [6.07, 6.45) is 3.93. The number of nitrogen functional groups attached to an aromatic ring is 1. The van der Waals surface area contributed by atoms with Crippen LogP contribution in [0, 0.1) is 16.0 Å². The van der Waals surface area contributed by atoms with Crippen LogP contribution in [-0.2, 0) is 0 Å². The molecular weight excluding hydrogens is 238 g/mol. The molecule has 2 unspecified atom stereocenters. The quantitative estimate of drug-likeness (QED) is 0.527. The number of nitrogens with zero attached hydrogens (tertiary/aromatic N) is 3. The van der Waals surface area contributed by atoms with E-state index in [0.29, 0.717) is 0 Å². The Morgan fingerprint density at radius 2 is 2.33 bits per heavy atom. The Morgan fingerprint density at radius 1 is 1.56 bits per heavy atom. The fraction of sp³-hybridized carbons (Fsp3) is 0.600. The summed E-state index contributed by atoms with van der Waals surface area (Å²) in [5.41, 5.74) is 5.18. The molecular formula is C10H15N5O3. The number of hydrogen-bond acceptors (Lipinski definition) is 7. The first-order valence-corrected chi connectivity index (χ1v) is 5.75. The van der Waals surface area contributed by atoms with Crippen LogP contribution in [0.25, 0.3) is 0 Å². The number of nitrogens with two attached hydrogens (primary N) is 1. The van der Waals surface area contributed by atoms with E-state index in [1.54, 1.807) is 0 Å². The Kier molecular flexibility index (Phi) is 3.56. The van der Waals surface area contributed by atoms with E-state index >= 15 is 0 Å². The van der Waals surface area contributed by atoms with Crippen molar-refractivity contribution in [3.8, 4) is 0 Å². The van der Waals surface area contributed by atoms with Crippen molar-refractivity contribution in [3.63, 3.8) is 0 Å². The Labute approximate surface area is 103 Å². The summed E-state index contributed by atoms with van der Waals surface area (Å²) in [4.78, 5) is 17.8. The summed E-state index contributed by atoms with van der Waals surface area (Å²) in [6, 6.07) is -0.0111. The number of aliphatic hydroxyl groups excluding tert-OH is 1. The van der Waals surface area contributed by atoms with E-state index in [1.165, 1.54) is 6.33 Å². The van der Waals surface area contributed by atoms with Crippen LogP contribution in [0.15, 0.2) is 6.33 Å².